The minimum Gasteiger partial charge on any atom is -0.507 e. The molecule has 0 radical (unpaired) electrons. The highest BCUT2D eigenvalue weighted by molar-refractivity contribution is 6.00. The van der Waals surface area contributed by atoms with Gasteiger partial charge in [0.25, 0.3) is 0 Å². The number of guanidine groups is 1. The van der Waals surface area contributed by atoms with Crippen molar-refractivity contribution in [2.45, 2.75) is 0 Å². The number of hydrogen-bond acceptors (Lipinski definition) is 4. The second-order valence-corrected chi connectivity index (χ2v) is 4.82. The van der Waals surface area contributed by atoms with E-state index in [9.17, 15) is 9.90 Å². The number of amides is 1. The summed E-state index contributed by atoms with van der Waals surface area (Å²) in [6.45, 7) is 0. The van der Waals surface area contributed by atoms with E-state index < -0.39 is 0 Å². The van der Waals surface area contributed by atoms with Crippen molar-refractivity contribution in [1.29, 1.82) is 0 Å². The largest absolute Gasteiger partial charge is 0.507 e. The van der Waals surface area contributed by atoms with Crippen molar-refractivity contribution < 1.29 is 9.90 Å². The lowest BCUT2D eigenvalue weighted by Gasteiger charge is -2.09. The lowest BCUT2D eigenvalue weighted by Crippen LogP contribution is -2.29. The van der Waals surface area contributed by atoms with E-state index in [1.165, 1.54) is 0 Å². The third kappa shape index (κ3) is 2.96. The van der Waals surface area contributed by atoms with Crippen molar-refractivity contribution in [3.8, 4) is 17.0 Å². The quantitative estimate of drug-likeness (QED) is 0.392. The first-order chi connectivity index (χ1) is 11.2. The van der Waals surface area contributed by atoms with Gasteiger partial charge in [0.1, 0.15) is 5.75 Å². The highest BCUT2D eigenvalue weighted by atomic mass is 16.3. The number of carbonyl (C=O) groups is 1. The van der Waals surface area contributed by atoms with Crippen molar-refractivity contribution in [2.24, 2.45) is 10.7 Å². The number of rotatable bonds is 3. The number of hydrogen-bond donors (Lipinski definition) is 3. The molecule has 6 nitrogen and oxygen atoms in total. The molecule has 0 aliphatic heterocycles. The highest BCUT2D eigenvalue weighted by Gasteiger charge is 2.11. The molecule has 1 aromatic heterocycles. The second-order valence-electron chi connectivity index (χ2n) is 4.82. The SMILES string of the molecule is NC(=Nc1cc(-c2ccccc2)nc2cccc(O)c12)NC=O. The second kappa shape index (κ2) is 6.15. The average Bonchev–Trinajstić information content (AvgIpc) is 2.55. The zero-order chi connectivity index (χ0) is 16.2. The van der Waals surface area contributed by atoms with Crippen LogP contribution < -0.4 is 11.1 Å². The average molecular weight is 306 g/mol. The first kappa shape index (κ1) is 14.5. The fraction of sp³-hybridized carbons (Fsp3) is 0. The number of aromatic nitrogens is 1. The number of aromatic hydroxyl groups is 1. The first-order valence-electron chi connectivity index (χ1n) is 6.91. The summed E-state index contributed by atoms with van der Waals surface area (Å²) in [5, 5.41) is 12.9. The lowest BCUT2D eigenvalue weighted by molar-refractivity contribution is -0.108. The van der Waals surface area contributed by atoms with Gasteiger partial charge in [0.05, 0.1) is 22.3 Å². The topological polar surface area (TPSA) is 101 Å². The molecule has 0 fully saturated rings. The van der Waals surface area contributed by atoms with Crippen LogP contribution in [0.1, 0.15) is 0 Å². The minimum absolute atomic E-state index is 0.0484. The Morgan fingerprint density at radius 2 is 1.96 bits per heavy atom. The van der Waals surface area contributed by atoms with Crippen LogP contribution in [0.15, 0.2) is 59.6 Å². The molecule has 0 spiro atoms. The molecule has 0 atom stereocenters. The molecule has 0 unspecified atom stereocenters. The smallest absolute Gasteiger partial charge is 0.213 e. The van der Waals surface area contributed by atoms with Gasteiger partial charge in [-0.15, -0.1) is 0 Å². The third-order valence-corrected chi connectivity index (χ3v) is 3.31. The molecule has 3 aromatic rings. The van der Waals surface area contributed by atoms with Crippen LogP contribution in [0.4, 0.5) is 5.69 Å². The summed E-state index contributed by atoms with van der Waals surface area (Å²) in [6.07, 6.45) is 0.445. The van der Waals surface area contributed by atoms with Crippen LogP contribution in [0.2, 0.25) is 0 Å². The van der Waals surface area contributed by atoms with E-state index in [0.717, 1.165) is 5.56 Å². The summed E-state index contributed by atoms with van der Waals surface area (Å²) in [5.74, 6) is -0.0120. The molecular weight excluding hydrogens is 292 g/mol. The third-order valence-electron chi connectivity index (χ3n) is 3.31. The zero-order valence-electron chi connectivity index (χ0n) is 12.1. The number of fused-ring (bicyclic) bond motifs is 1. The van der Waals surface area contributed by atoms with Gasteiger partial charge in [0, 0.05) is 5.56 Å². The predicted octanol–water partition coefficient (Wildman–Crippen LogP) is 2.30. The Balaban J connectivity index is 2.26. The maximum Gasteiger partial charge on any atom is 0.213 e. The molecule has 3 rings (SSSR count). The van der Waals surface area contributed by atoms with Gasteiger partial charge in [-0.05, 0) is 18.2 Å². The van der Waals surface area contributed by atoms with E-state index in [1.54, 1.807) is 24.3 Å². The van der Waals surface area contributed by atoms with E-state index in [0.29, 0.717) is 28.7 Å². The van der Waals surface area contributed by atoms with E-state index in [4.69, 9.17) is 5.73 Å². The molecule has 0 aliphatic carbocycles. The maximum atomic E-state index is 10.5. The maximum absolute atomic E-state index is 10.5. The first-order valence-corrected chi connectivity index (χ1v) is 6.91. The number of nitrogens with two attached hydrogens (primary N) is 1. The summed E-state index contributed by atoms with van der Waals surface area (Å²) < 4.78 is 0. The number of pyridine rings is 1. The van der Waals surface area contributed by atoms with E-state index in [1.807, 2.05) is 30.3 Å². The van der Waals surface area contributed by atoms with E-state index in [2.05, 4.69) is 15.3 Å². The number of phenolic OH excluding ortho intramolecular Hbond substituents is 1. The fourth-order valence-corrected chi connectivity index (χ4v) is 2.31. The molecule has 4 N–H and O–H groups in total. The van der Waals surface area contributed by atoms with Gasteiger partial charge in [-0.25, -0.2) is 9.98 Å². The monoisotopic (exact) mass is 306 g/mol. The number of benzene rings is 2. The number of nitrogens with zero attached hydrogens (tertiary/aromatic N) is 2. The Morgan fingerprint density at radius 1 is 1.17 bits per heavy atom. The number of carbonyl (C=O) groups excluding carboxylic acids is 1. The Morgan fingerprint density at radius 3 is 2.70 bits per heavy atom. The van der Waals surface area contributed by atoms with Crippen molar-refractivity contribution in [3.05, 3.63) is 54.6 Å². The van der Waals surface area contributed by atoms with E-state index >= 15 is 0 Å². The Hall–Kier alpha value is -3.41. The summed E-state index contributed by atoms with van der Waals surface area (Å²) in [4.78, 5) is 19.2. The summed E-state index contributed by atoms with van der Waals surface area (Å²) >= 11 is 0. The van der Waals surface area contributed by atoms with Crippen LogP contribution in [-0.2, 0) is 4.79 Å². The van der Waals surface area contributed by atoms with Crippen LogP contribution >= 0.6 is 0 Å². The molecular formula is C17H14N4O2. The zero-order valence-corrected chi connectivity index (χ0v) is 12.1. The van der Waals surface area contributed by atoms with Gasteiger partial charge in [-0.2, -0.15) is 0 Å². The number of nitrogens with one attached hydrogen (secondary N) is 1. The van der Waals surface area contributed by atoms with Crippen LogP contribution in [0.3, 0.4) is 0 Å². The van der Waals surface area contributed by atoms with Gasteiger partial charge in [0.15, 0.2) is 5.96 Å². The Kier molecular flexibility index (Phi) is 3.88. The molecule has 0 bridgehead atoms. The van der Waals surface area contributed by atoms with Crippen molar-refractivity contribution >= 4 is 29.0 Å². The highest BCUT2D eigenvalue weighted by Crippen LogP contribution is 2.35. The molecule has 114 valence electrons. The van der Waals surface area contributed by atoms with Crippen LogP contribution in [-0.4, -0.2) is 22.5 Å². The van der Waals surface area contributed by atoms with Gasteiger partial charge < -0.3 is 10.8 Å². The Labute approximate surface area is 132 Å². The van der Waals surface area contributed by atoms with Gasteiger partial charge in [0.2, 0.25) is 6.41 Å². The molecule has 2 aromatic carbocycles. The normalized spacial score (nSPS) is 11.4. The number of aliphatic imine (C=N–C) groups is 1. The van der Waals surface area contributed by atoms with Gasteiger partial charge in [-0.1, -0.05) is 36.4 Å². The molecule has 1 heterocycles. The van der Waals surface area contributed by atoms with E-state index in [-0.39, 0.29) is 11.7 Å². The standard InChI is InChI=1S/C17H14N4O2/c18-17(19-10-22)21-14-9-13(11-5-2-1-3-6-11)20-12-7-4-8-15(23)16(12)14/h1-10,23H,(H3,18,19,20,21,22). The molecule has 23 heavy (non-hydrogen) atoms. The summed E-state index contributed by atoms with van der Waals surface area (Å²) in [6, 6.07) is 16.4. The molecule has 0 aliphatic rings. The lowest BCUT2D eigenvalue weighted by atomic mass is 10.1. The van der Waals surface area contributed by atoms with Crippen LogP contribution in [0.5, 0.6) is 5.75 Å². The van der Waals surface area contributed by atoms with Crippen LogP contribution in [0, 0.1) is 0 Å². The molecule has 0 saturated carbocycles. The Bertz CT molecular complexity index is 892. The fourth-order valence-electron chi connectivity index (χ4n) is 2.31. The predicted molar refractivity (Wildman–Crippen MR) is 89.3 cm³/mol. The number of phenols is 1. The van der Waals surface area contributed by atoms with Crippen molar-refractivity contribution in [1.82, 2.24) is 10.3 Å². The van der Waals surface area contributed by atoms with Crippen molar-refractivity contribution in [2.75, 3.05) is 0 Å². The van der Waals surface area contributed by atoms with Gasteiger partial charge >= 0.3 is 0 Å². The molecule has 6 heteroatoms. The summed E-state index contributed by atoms with van der Waals surface area (Å²) in [7, 11) is 0. The minimum atomic E-state index is -0.0604. The summed E-state index contributed by atoms with van der Waals surface area (Å²) in [5.41, 5.74) is 8.28. The molecule has 1 amide bonds. The molecule has 0 saturated heterocycles. The van der Waals surface area contributed by atoms with Crippen molar-refractivity contribution in [3.63, 3.8) is 0 Å². The van der Waals surface area contributed by atoms with Crippen LogP contribution in [0.25, 0.3) is 22.2 Å². The van der Waals surface area contributed by atoms with Gasteiger partial charge in [-0.3, -0.25) is 10.1 Å².